The van der Waals surface area contributed by atoms with Crippen LogP contribution in [0.15, 0.2) is 109 Å². The summed E-state index contributed by atoms with van der Waals surface area (Å²) in [7, 11) is 0. The lowest BCUT2D eigenvalue weighted by atomic mass is 9.63. The Balaban J connectivity index is 0.000000184. The topological polar surface area (TPSA) is 244 Å². The van der Waals surface area contributed by atoms with Crippen LogP contribution in [-0.4, -0.2) is 163 Å². The molecule has 630 valence electrons. The number of esters is 4. The van der Waals surface area contributed by atoms with Crippen LogP contribution in [0.3, 0.4) is 0 Å². The van der Waals surface area contributed by atoms with Crippen LogP contribution >= 0.6 is 15.9 Å². The van der Waals surface area contributed by atoms with Crippen molar-refractivity contribution >= 4 is 57.3 Å². The maximum atomic E-state index is 12.6. The number of pyridine rings is 3. The van der Waals surface area contributed by atoms with Crippen LogP contribution in [0.2, 0.25) is 0 Å². The summed E-state index contributed by atoms with van der Waals surface area (Å²) >= 11 is 3.14. The van der Waals surface area contributed by atoms with Crippen LogP contribution in [0.1, 0.15) is 260 Å². The number of ether oxygens (including phenoxy) is 4. The second-order valence-corrected chi connectivity index (χ2v) is 37.5. The highest BCUT2D eigenvalue weighted by molar-refractivity contribution is 9.10. The summed E-state index contributed by atoms with van der Waals surface area (Å²) < 4.78 is 19.8. The first-order chi connectivity index (χ1) is 54.6. The second-order valence-electron chi connectivity index (χ2n) is 36.4. The van der Waals surface area contributed by atoms with E-state index in [-0.39, 0.29) is 94.5 Å². The fourth-order valence-corrected chi connectivity index (χ4v) is 17.6. The summed E-state index contributed by atoms with van der Waals surface area (Å²) in [5.41, 5.74) is 22.9. The molecule has 3 fully saturated rings. The number of nitrogens with one attached hydrogen (secondary N) is 2. The van der Waals surface area contributed by atoms with Gasteiger partial charge in [0.1, 0.15) is 28.3 Å². The van der Waals surface area contributed by atoms with Crippen LogP contribution < -0.4 is 31.1 Å². The summed E-state index contributed by atoms with van der Waals surface area (Å²) in [4.78, 5) is 68.3. The Morgan fingerprint density at radius 1 is 0.443 bits per heavy atom. The van der Waals surface area contributed by atoms with Gasteiger partial charge in [0.2, 0.25) is 0 Å². The van der Waals surface area contributed by atoms with Gasteiger partial charge in [0, 0.05) is 99.6 Å². The second kappa shape index (κ2) is 41.4. The summed E-state index contributed by atoms with van der Waals surface area (Å²) in [5, 5.41) is 25.7. The van der Waals surface area contributed by atoms with E-state index in [0.717, 1.165) is 125 Å². The molecule has 6 aliphatic rings. The normalized spacial score (nSPS) is 19.3. The van der Waals surface area contributed by atoms with Crippen molar-refractivity contribution in [2.24, 2.45) is 5.73 Å². The average Bonchev–Trinajstić information content (AvgIpc) is 0.762. The predicted molar refractivity (Wildman–Crippen MR) is 470 cm³/mol. The van der Waals surface area contributed by atoms with E-state index in [1.54, 1.807) is 27.7 Å². The first kappa shape index (κ1) is 91.6. The zero-order valence-corrected chi connectivity index (χ0v) is 74.0. The highest BCUT2D eigenvalue weighted by atomic mass is 79.9. The molecule has 0 radical (unpaired) electrons. The number of carbonyl (C=O) groups is 4. The molecule has 3 aliphatic carbocycles. The maximum Gasteiger partial charge on any atom is 0.323 e. The Morgan fingerprint density at radius 3 is 1.12 bits per heavy atom. The molecule has 0 amide bonds. The number of hydrogen-bond donors (Lipinski definition) is 5. The number of rotatable bonds is 26. The van der Waals surface area contributed by atoms with E-state index in [1.807, 2.05) is 0 Å². The molecule has 0 bridgehead atoms. The molecule has 3 aromatic carbocycles. The monoisotopic (exact) mass is 1640 g/mol. The summed E-state index contributed by atoms with van der Waals surface area (Å²) in [6, 6.07) is 40.5. The summed E-state index contributed by atoms with van der Waals surface area (Å²) in [5.74, 6) is 1.89. The molecule has 6 heterocycles. The van der Waals surface area contributed by atoms with Gasteiger partial charge in [0.25, 0.3) is 0 Å². The molecule has 3 atom stereocenters. The molecular weight excluding hydrogens is 1510 g/mol. The van der Waals surface area contributed by atoms with Crippen LogP contribution in [0.4, 0.5) is 17.5 Å². The lowest BCUT2D eigenvalue weighted by molar-refractivity contribution is -0.148. The Hall–Kier alpha value is -7.33. The van der Waals surface area contributed by atoms with E-state index < -0.39 is 10.9 Å². The van der Waals surface area contributed by atoms with Gasteiger partial charge in [-0.3, -0.25) is 19.2 Å². The van der Waals surface area contributed by atoms with Crippen molar-refractivity contribution in [2.75, 3.05) is 93.6 Å². The Morgan fingerprint density at radius 2 is 0.774 bits per heavy atom. The third-order valence-electron chi connectivity index (χ3n) is 25.0. The lowest BCUT2D eigenvalue weighted by Crippen LogP contribution is -2.49. The van der Waals surface area contributed by atoms with Gasteiger partial charge in [-0.1, -0.05) is 154 Å². The zero-order chi connectivity index (χ0) is 83.5. The van der Waals surface area contributed by atoms with Crippen LogP contribution in [0.25, 0.3) is 33.8 Å². The van der Waals surface area contributed by atoms with Crippen molar-refractivity contribution < 1.29 is 48.3 Å². The third kappa shape index (κ3) is 24.9. The molecule has 6 aromatic rings. The fourth-order valence-electron chi connectivity index (χ4n) is 17.2. The molecule has 12 rings (SSSR count). The molecule has 3 saturated heterocycles. The number of nitrogens with zero attached hydrogens (tertiary/aromatic N) is 6. The molecular formula is C95H138BrN9O10. The SMILES string of the molecule is CC1(C)CCC(C)(C)c2cc(-c3cccc(N4CCC(N)CC4)n3)ccc21.CC1(C)CCC(C)(C)c2cc(-c3cccc(N4CCC(NC(CO)CCCO)CC4)n3)ccc21.CCOC(=O)CCC(Br)C(=O)OCC.CCOC(=O)CCC(NC1CCN(c2cccc(-c3ccc4c(c3)C(C)(C)CCC4(C)C)n2)CC1)C(=O)OCC. The van der Waals surface area contributed by atoms with Gasteiger partial charge in [-0.2, -0.15) is 0 Å². The Kier molecular flexibility index (Phi) is 32.9. The number of fused-ring (bicyclic) bond motifs is 3. The number of anilines is 3. The van der Waals surface area contributed by atoms with Crippen molar-refractivity contribution in [2.45, 2.75) is 294 Å². The summed E-state index contributed by atoms with van der Waals surface area (Å²) in [6.07, 6.45) is 16.0. The maximum absolute atomic E-state index is 12.6. The Labute approximate surface area is 696 Å². The largest absolute Gasteiger partial charge is 0.466 e. The van der Waals surface area contributed by atoms with Gasteiger partial charge >= 0.3 is 23.9 Å². The molecule has 0 spiro atoms. The smallest absolute Gasteiger partial charge is 0.323 e. The molecule has 0 saturated carbocycles. The number of alkyl halides is 1. The van der Waals surface area contributed by atoms with E-state index in [1.165, 1.54) is 88.6 Å². The van der Waals surface area contributed by atoms with Crippen molar-refractivity contribution in [3.8, 4) is 33.8 Å². The average molecular weight is 1650 g/mol. The standard InChI is InChI=1S/C33H47N3O4.C29H43N3O2.C24H33N3.C9H15BrO4/c1-7-39-30(37)15-14-28(31(38)40-8-2)34-24-16-20-36(21-17-24)29-11-9-10-27(35-29)23-12-13-25-26(22-23)33(5,6)19-18-32(25,3)4;1-28(2)14-15-29(3,4)25-19-21(10-11-24(25)28)26-8-5-9-27(31-26)32-16-12-22(13-17-32)30-23(20-34)7-6-18-33;1-23(2)12-13-24(3,4)20-16-17(8-9-19(20)23)21-6-5-7-22(26-21)27-14-10-18(25)11-15-27;1-3-13-8(11)6-5-7(10)9(12)14-4-2/h9-13,22,24,28,34H,7-8,14-21H2,1-6H3;5,8-11,19,22-23,30,33-34H,6-7,12-18,20H2,1-4H3;5-9,16,18H,10-15,25H2,1-4H3;7H,3-6H2,1-2H3. The van der Waals surface area contributed by atoms with Crippen LogP contribution in [0, 0.1) is 0 Å². The highest BCUT2D eigenvalue weighted by Crippen LogP contribution is 2.50. The van der Waals surface area contributed by atoms with Crippen LogP contribution in [-0.2, 0) is 70.6 Å². The molecule has 3 aliphatic heterocycles. The number of hydrogen-bond acceptors (Lipinski definition) is 19. The van der Waals surface area contributed by atoms with Gasteiger partial charge in [0.05, 0.1) is 50.1 Å². The molecule has 115 heavy (non-hydrogen) atoms. The number of nitrogens with two attached hydrogens (primary N) is 1. The number of piperidine rings is 3. The van der Waals surface area contributed by atoms with Crippen molar-refractivity contribution in [3.05, 3.63) is 143 Å². The predicted octanol–water partition coefficient (Wildman–Crippen LogP) is 17.4. The minimum atomic E-state index is -0.513. The molecule has 20 heteroatoms. The number of benzene rings is 3. The quantitative estimate of drug-likeness (QED) is 0.0192. The van der Waals surface area contributed by atoms with Gasteiger partial charge in [-0.05, 0) is 251 Å². The molecule has 3 unspecified atom stereocenters. The third-order valence-corrected chi connectivity index (χ3v) is 25.8. The van der Waals surface area contributed by atoms with Gasteiger partial charge in [-0.25, -0.2) is 15.0 Å². The Bertz CT molecular complexity index is 4150. The van der Waals surface area contributed by atoms with E-state index in [0.29, 0.717) is 51.4 Å². The zero-order valence-electron chi connectivity index (χ0n) is 72.4. The highest BCUT2D eigenvalue weighted by Gasteiger charge is 2.41. The molecule has 6 N–H and O–H groups in total. The molecule has 19 nitrogen and oxygen atoms in total. The van der Waals surface area contributed by atoms with Crippen molar-refractivity contribution in [1.82, 2.24) is 25.6 Å². The fraction of sp³-hybridized carbons (Fsp3) is 0.611. The minimum absolute atomic E-state index is 0.0726. The van der Waals surface area contributed by atoms with Gasteiger partial charge in [-0.15, -0.1) is 0 Å². The molecule has 3 aromatic heterocycles. The first-order valence-corrected chi connectivity index (χ1v) is 44.0. The van der Waals surface area contributed by atoms with Gasteiger partial charge < -0.3 is 60.2 Å². The van der Waals surface area contributed by atoms with Crippen molar-refractivity contribution in [3.63, 3.8) is 0 Å². The number of carbonyl (C=O) groups excluding carboxylic acids is 4. The van der Waals surface area contributed by atoms with E-state index in [2.05, 4.69) is 234 Å². The van der Waals surface area contributed by atoms with Gasteiger partial charge in [0.15, 0.2) is 0 Å². The summed E-state index contributed by atoms with van der Waals surface area (Å²) in [6.45, 7) is 42.8. The number of aliphatic hydroxyl groups is 2. The van der Waals surface area contributed by atoms with E-state index in [9.17, 15) is 24.3 Å². The number of halogens is 1. The van der Waals surface area contributed by atoms with E-state index >= 15 is 0 Å². The van der Waals surface area contributed by atoms with Crippen LogP contribution in [0.5, 0.6) is 0 Å². The van der Waals surface area contributed by atoms with E-state index in [4.69, 9.17) is 44.7 Å². The minimum Gasteiger partial charge on any atom is -0.466 e. The first-order valence-electron chi connectivity index (χ1n) is 43.0. The lowest BCUT2D eigenvalue weighted by Gasteiger charge is -2.42. The number of aromatic nitrogens is 3. The number of aliphatic hydroxyl groups excluding tert-OH is 2. The van der Waals surface area contributed by atoms with Crippen molar-refractivity contribution in [1.29, 1.82) is 0 Å².